The normalized spacial score (nSPS) is 13.9. The Bertz CT molecular complexity index is 674. The van der Waals surface area contributed by atoms with Gasteiger partial charge in [-0.15, -0.1) is 11.3 Å². The third kappa shape index (κ3) is 3.16. The van der Waals surface area contributed by atoms with Gasteiger partial charge in [0.05, 0.1) is 11.9 Å². The quantitative estimate of drug-likeness (QED) is 0.695. The summed E-state index contributed by atoms with van der Waals surface area (Å²) in [5.41, 5.74) is 5.02. The number of ether oxygens (including phenoxy) is 2. The van der Waals surface area contributed by atoms with Gasteiger partial charge in [0.25, 0.3) is 0 Å². The van der Waals surface area contributed by atoms with Crippen LogP contribution in [0.5, 0.6) is 11.5 Å². The Labute approximate surface area is 127 Å². The Kier molecular flexibility index (Phi) is 3.55. The summed E-state index contributed by atoms with van der Waals surface area (Å²) in [6, 6.07) is 5.71. The van der Waals surface area contributed by atoms with Gasteiger partial charge in [-0.1, -0.05) is 20.8 Å². The van der Waals surface area contributed by atoms with E-state index in [4.69, 9.17) is 9.47 Å². The van der Waals surface area contributed by atoms with Crippen molar-refractivity contribution in [2.75, 3.05) is 12.2 Å². The summed E-state index contributed by atoms with van der Waals surface area (Å²) in [6.45, 7) is 6.70. The van der Waals surface area contributed by atoms with Crippen LogP contribution in [0.1, 0.15) is 32.0 Å². The maximum Gasteiger partial charge on any atom is 0.231 e. The number of fused-ring (bicyclic) bond motifs is 1. The predicted octanol–water partition coefficient (Wildman–Crippen LogP) is 3.62. The number of benzene rings is 1. The van der Waals surface area contributed by atoms with Gasteiger partial charge < -0.3 is 9.47 Å². The molecule has 2 aromatic rings. The van der Waals surface area contributed by atoms with Gasteiger partial charge in [-0.3, -0.25) is 5.43 Å². The zero-order chi connectivity index (χ0) is 14.9. The van der Waals surface area contributed by atoms with Crippen LogP contribution >= 0.6 is 11.3 Å². The number of nitrogens with zero attached hydrogens (tertiary/aromatic N) is 2. The standard InChI is InChI=1S/C15H17N3O2S/c1-15(2,3)13-8-21-14(17-13)18-16-7-10-4-5-11-12(6-10)20-9-19-11/h4-8H,9H2,1-3H3,(H,17,18)/b16-7-. The van der Waals surface area contributed by atoms with Gasteiger partial charge in [0.2, 0.25) is 11.9 Å². The van der Waals surface area contributed by atoms with Crippen molar-refractivity contribution in [1.29, 1.82) is 0 Å². The molecule has 1 aliphatic heterocycles. The van der Waals surface area contributed by atoms with Crippen LogP contribution < -0.4 is 14.9 Å². The number of thiazole rings is 1. The van der Waals surface area contributed by atoms with E-state index in [1.807, 2.05) is 18.2 Å². The molecule has 0 saturated carbocycles. The highest BCUT2D eigenvalue weighted by atomic mass is 32.1. The number of aromatic nitrogens is 1. The summed E-state index contributed by atoms with van der Waals surface area (Å²) < 4.78 is 10.6. The first-order valence-corrected chi connectivity index (χ1v) is 7.55. The van der Waals surface area contributed by atoms with E-state index < -0.39 is 0 Å². The summed E-state index contributed by atoms with van der Waals surface area (Å²) in [5, 5.41) is 7.05. The van der Waals surface area contributed by atoms with E-state index in [9.17, 15) is 0 Å². The Morgan fingerprint density at radius 3 is 2.86 bits per heavy atom. The first-order chi connectivity index (χ1) is 10.0. The Balaban J connectivity index is 1.66. The van der Waals surface area contributed by atoms with Gasteiger partial charge in [-0.05, 0) is 23.8 Å². The van der Waals surface area contributed by atoms with E-state index in [1.54, 1.807) is 17.6 Å². The molecule has 1 N–H and O–H groups in total. The van der Waals surface area contributed by atoms with Crippen LogP contribution in [-0.2, 0) is 5.41 Å². The fraction of sp³-hybridized carbons (Fsp3) is 0.333. The molecule has 3 rings (SSSR count). The first kappa shape index (κ1) is 13.9. The van der Waals surface area contributed by atoms with Crippen molar-refractivity contribution in [3.63, 3.8) is 0 Å². The second-order valence-electron chi connectivity index (χ2n) is 5.77. The topological polar surface area (TPSA) is 55.7 Å². The Hall–Kier alpha value is -2.08. The largest absolute Gasteiger partial charge is 0.454 e. The summed E-state index contributed by atoms with van der Waals surface area (Å²) >= 11 is 1.55. The molecule has 21 heavy (non-hydrogen) atoms. The SMILES string of the molecule is CC(C)(C)c1csc(N/N=C\c2ccc3c(c2)OCO3)n1. The number of anilines is 1. The third-order valence-corrected chi connectivity index (χ3v) is 3.79. The van der Waals surface area contributed by atoms with Gasteiger partial charge in [-0.25, -0.2) is 4.98 Å². The highest BCUT2D eigenvalue weighted by Gasteiger charge is 2.17. The molecule has 5 nitrogen and oxygen atoms in total. The molecule has 0 bridgehead atoms. The minimum absolute atomic E-state index is 0.0530. The molecular weight excluding hydrogens is 286 g/mol. The fourth-order valence-corrected chi connectivity index (χ4v) is 2.71. The number of hydrogen-bond acceptors (Lipinski definition) is 6. The summed E-state index contributed by atoms with van der Waals surface area (Å²) in [7, 11) is 0. The van der Waals surface area contributed by atoms with Crippen LogP contribution in [0, 0.1) is 0 Å². The monoisotopic (exact) mass is 303 g/mol. The minimum Gasteiger partial charge on any atom is -0.454 e. The van der Waals surface area contributed by atoms with E-state index in [-0.39, 0.29) is 12.2 Å². The van der Waals surface area contributed by atoms with Gasteiger partial charge in [0, 0.05) is 10.8 Å². The highest BCUT2D eigenvalue weighted by molar-refractivity contribution is 7.13. The van der Waals surface area contributed by atoms with Crippen LogP contribution in [0.4, 0.5) is 5.13 Å². The van der Waals surface area contributed by atoms with Gasteiger partial charge in [-0.2, -0.15) is 5.10 Å². The lowest BCUT2D eigenvalue weighted by atomic mass is 9.93. The zero-order valence-electron chi connectivity index (χ0n) is 12.2. The average molecular weight is 303 g/mol. The van der Waals surface area contributed by atoms with Crippen molar-refractivity contribution in [2.24, 2.45) is 5.10 Å². The molecule has 0 atom stereocenters. The third-order valence-electron chi connectivity index (χ3n) is 3.04. The van der Waals surface area contributed by atoms with Gasteiger partial charge >= 0.3 is 0 Å². The van der Waals surface area contributed by atoms with E-state index in [0.29, 0.717) is 0 Å². The molecule has 0 radical (unpaired) electrons. The second-order valence-corrected chi connectivity index (χ2v) is 6.63. The second kappa shape index (κ2) is 5.37. The summed E-state index contributed by atoms with van der Waals surface area (Å²) in [5.74, 6) is 1.53. The fourth-order valence-electron chi connectivity index (χ4n) is 1.83. The van der Waals surface area contributed by atoms with Crippen LogP contribution in [0.25, 0.3) is 0 Å². The number of nitrogens with one attached hydrogen (secondary N) is 1. The van der Waals surface area contributed by atoms with Gasteiger partial charge in [0.1, 0.15) is 0 Å². The van der Waals surface area contributed by atoms with E-state index in [0.717, 1.165) is 27.9 Å². The molecule has 1 aromatic heterocycles. The minimum atomic E-state index is 0.0530. The van der Waals surface area contributed by atoms with Crippen LogP contribution in [0.2, 0.25) is 0 Å². The lowest BCUT2D eigenvalue weighted by molar-refractivity contribution is 0.174. The Morgan fingerprint density at radius 2 is 2.10 bits per heavy atom. The maximum atomic E-state index is 5.33. The van der Waals surface area contributed by atoms with E-state index in [2.05, 4.69) is 41.7 Å². The number of rotatable bonds is 3. The van der Waals surface area contributed by atoms with E-state index >= 15 is 0 Å². The summed E-state index contributed by atoms with van der Waals surface area (Å²) in [4.78, 5) is 4.52. The van der Waals surface area contributed by atoms with Crippen molar-refractivity contribution in [1.82, 2.24) is 4.98 Å². The molecule has 0 aliphatic carbocycles. The average Bonchev–Trinajstić information content (AvgIpc) is 3.05. The molecule has 2 heterocycles. The van der Waals surface area contributed by atoms with Crippen LogP contribution in [0.3, 0.4) is 0 Å². The highest BCUT2D eigenvalue weighted by Crippen LogP contribution is 2.32. The Morgan fingerprint density at radius 1 is 1.29 bits per heavy atom. The van der Waals surface area contributed by atoms with Gasteiger partial charge in [0.15, 0.2) is 11.5 Å². The lowest BCUT2D eigenvalue weighted by Crippen LogP contribution is -2.11. The van der Waals surface area contributed by atoms with Crippen molar-refractivity contribution >= 4 is 22.7 Å². The molecule has 110 valence electrons. The predicted molar refractivity (Wildman–Crippen MR) is 84.6 cm³/mol. The first-order valence-electron chi connectivity index (χ1n) is 6.67. The van der Waals surface area contributed by atoms with Crippen LogP contribution in [-0.4, -0.2) is 18.0 Å². The van der Waals surface area contributed by atoms with Crippen molar-refractivity contribution in [2.45, 2.75) is 26.2 Å². The van der Waals surface area contributed by atoms with Crippen molar-refractivity contribution in [3.05, 3.63) is 34.8 Å². The molecule has 1 aliphatic rings. The summed E-state index contributed by atoms with van der Waals surface area (Å²) in [6.07, 6.45) is 1.74. The van der Waals surface area contributed by atoms with E-state index in [1.165, 1.54) is 0 Å². The zero-order valence-corrected chi connectivity index (χ0v) is 13.0. The number of hydrazone groups is 1. The smallest absolute Gasteiger partial charge is 0.231 e. The molecule has 0 spiro atoms. The number of hydrogen-bond donors (Lipinski definition) is 1. The van der Waals surface area contributed by atoms with Crippen molar-refractivity contribution in [3.8, 4) is 11.5 Å². The van der Waals surface area contributed by atoms with Crippen molar-refractivity contribution < 1.29 is 9.47 Å². The maximum absolute atomic E-state index is 5.33. The van der Waals surface area contributed by atoms with Crippen LogP contribution in [0.15, 0.2) is 28.7 Å². The molecule has 0 fully saturated rings. The molecule has 6 heteroatoms. The lowest BCUT2D eigenvalue weighted by Gasteiger charge is -2.13. The molecule has 1 aromatic carbocycles. The molecule has 0 amide bonds. The molecule has 0 saturated heterocycles. The molecular formula is C15H17N3O2S. The molecule has 0 unspecified atom stereocenters.